The van der Waals surface area contributed by atoms with E-state index in [1.807, 2.05) is 13.0 Å². The van der Waals surface area contributed by atoms with Crippen molar-refractivity contribution in [1.29, 1.82) is 0 Å². The van der Waals surface area contributed by atoms with Gasteiger partial charge in [-0.1, -0.05) is 11.6 Å². The molecule has 2 aliphatic rings. The van der Waals surface area contributed by atoms with Crippen molar-refractivity contribution in [1.82, 2.24) is 25.7 Å². The maximum Gasteiger partial charge on any atom is 0.288 e. The van der Waals surface area contributed by atoms with Gasteiger partial charge in [0.05, 0.1) is 42.0 Å². The number of piperazine rings is 1. The van der Waals surface area contributed by atoms with E-state index in [4.69, 9.17) is 16.3 Å². The quantitative estimate of drug-likeness (QED) is 0.332. The summed E-state index contributed by atoms with van der Waals surface area (Å²) in [6.07, 6.45) is 2.62. The Hall–Kier alpha value is -3.74. The largest absolute Gasteiger partial charge is 0.378 e. The summed E-state index contributed by atoms with van der Waals surface area (Å²) in [5, 5.41) is 7.26. The number of rotatable bonds is 7. The number of nitrogens with zero attached hydrogens (tertiary/aromatic N) is 5. The summed E-state index contributed by atoms with van der Waals surface area (Å²) in [4.78, 5) is 29.0. The molecule has 0 aliphatic carbocycles. The second kappa shape index (κ2) is 11.8. The average molecular weight is 542 g/mol. The normalized spacial score (nSPS) is 15.8. The van der Waals surface area contributed by atoms with Crippen LogP contribution in [0.1, 0.15) is 16.1 Å². The molecular weight excluding hydrogens is 513 g/mol. The zero-order chi connectivity index (χ0) is 26.5. The van der Waals surface area contributed by atoms with Crippen LogP contribution in [0.2, 0.25) is 5.02 Å². The molecule has 0 spiro atoms. The average Bonchev–Trinajstić information content (AvgIpc) is 2.95. The number of halogens is 2. The summed E-state index contributed by atoms with van der Waals surface area (Å²) in [6.45, 7) is 7.81. The molecule has 5 rings (SSSR count). The molecule has 0 radical (unpaired) electrons. The molecule has 0 atom stereocenters. The van der Waals surface area contributed by atoms with E-state index in [9.17, 15) is 9.18 Å². The van der Waals surface area contributed by atoms with E-state index < -0.39 is 11.7 Å². The van der Waals surface area contributed by atoms with E-state index in [1.165, 1.54) is 0 Å². The molecule has 4 heterocycles. The second-order valence-electron chi connectivity index (χ2n) is 8.96. The third kappa shape index (κ3) is 6.04. The van der Waals surface area contributed by atoms with Gasteiger partial charge in [0.15, 0.2) is 11.6 Å². The Morgan fingerprint density at radius 1 is 1.08 bits per heavy atom. The number of hydrogen-bond acceptors (Lipinski definition) is 10. The molecular formula is C25H29ClFN9O2. The van der Waals surface area contributed by atoms with Gasteiger partial charge in [0, 0.05) is 45.0 Å². The standard InChI is InChI=1S/C25H29ClFN9O2/c1-16-12-18(35-6-4-28-5-7-35)13-19(26)22(16)31-17-2-3-21(29-14-17)24(37)33-34-25-30-15-20(27)23(32-25)36-8-10-38-11-9-36/h2-3,12-15,28,31H,4-11H2,1H3,(H,33,37)(H,30,32,34). The van der Waals surface area contributed by atoms with E-state index in [2.05, 4.69) is 47.4 Å². The fourth-order valence-corrected chi connectivity index (χ4v) is 4.64. The van der Waals surface area contributed by atoms with Gasteiger partial charge in [0.1, 0.15) is 5.69 Å². The highest BCUT2D eigenvalue weighted by Gasteiger charge is 2.19. The summed E-state index contributed by atoms with van der Waals surface area (Å²) in [5.41, 5.74) is 8.88. The number of benzene rings is 1. The topological polar surface area (TPSA) is 120 Å². The molecule has 13 heteroatoms. The summed E-state index contributed by atoms with van der Waals surface area (Å²) >= 11 is 6.61. The number of nitrogens with one attached hydrogen (secondary N) is 4. The Balaban J connectivity index is 1.20. The van der Waals surface area contributed by atoms with Gasteiger partial charge in [-0.2, -0.15) is 4.98 Å². The number of carbonyl (C=O) groups excluding carboxylic acids is 1. The van der Waals surface area contributed by atoms with E-state index in [-0.39, 0.29) is 17.5 Å². The number of hydrogen-bond donors (Lipinski definition) is 4. The molecule has 38 heavy (non-hydrogen) atoms. The van der Waals surface area contributed by atoms with E-state index in [0.29, 0.717) is 37.0 Å². The molecule has 2 saturated heterocycles. The summed E-state index contributed by atoms with van der Waals surface area (Å²) in [5.74, 6) is -0.813. The van der Waals surface area contributed by atoms with Crippen molar-refractivity contribution in [2.24, 2.45) is 0 Å². The lowest BCUT2D eigenvalue weighted by Gasteiger charge is -2.30. The summed E-state index contributed by atoms with van der Waals surface area (Å²) in [7, 11) is 0. The summed E-state index contributed by atoms with van der Waals surface area (Å²) < 4.78 is 19.5. The van der Waals surface area contributed by atoms with Gasteiger partial charge in [-0.15, -0.1) is 0 Å². The maximum atomic E-state index is 14.2. The second-order valence-corrected chi connectivity index (χ2v) is 9.36. The third-order valence-corrected chi connectivity index (χ3v) is 6.64. The van der Waals surface area contributed by atoms with Gasteiger partial charge in [0.25, 0.3) is 5.91 Å². The minimum atomic E-state index is -0.540. The Kier molecular flexibility index (Phi) is 8.01. The van der Waals surface area contributed by atoms with Crippen molar-refractivity contribution in [2.45, 2.75) is 6.92 Å². The molecule has 0 unspecified atom stereocenters. The number of aromatic nitrogens is 3. The molecule has 2 aromatic heterocycles. The zero-order valence-corrected chi connectivity index (χ0v) is 21.7. The SMILES string of the molecule is Cc1cc(N2CCNCC2)cc(Cl)c1Nc1ccc(C(=O)NNc2ncc(F)c(N3CCOCC3)n2)nc1. The molecule has 1 aromatic carbocycles. The molecule has 200 valence electrons. The van der Waals surface area contributed by atoms with Crippen LogP contribution < -0.4 is 31.3 Å². The van der Waals surface area contributed by atoms with Gasteiger partial charge >= 0.3 is 0 Å². The van der Waals surface area contributed by atoms with Crippen LogP contribution in [0.4, 0.5) is 33.2 Å². The summed E-state index contributed by atoms with van der Waals surface area (Å²) in [6, 6.07) is 7.41. The predicted molar refractivity (Wildman–Crippen MR) is 145 cm³/mol. The van der Waals surface area contributed by atoms with Crippen LogP contribution >= 0.6 is 11.6 Å². The Morgan fingerprint density at radius 3 is 2.58 bits per heavy atom. The highest BCUT2D eigenvalue weighted by Crippen LogP contribution is 2.33. The van der Waals surface area contributed by atoms with Gasteiger partial charge < -0.3 is 25.2 Å². The van der Waals surface area contributed by atoms with Crippen LogP contribution in [0.3, 0.4) is 0 Å². The lowest BCUT2D eigenvalue weighted by atomic mass is 10.1. The van der Waals surface area contributed by atoms with Gasteiger partial charge in [0.2, 0.25) is 5.95 Å². The van der Waals surface area contributed by atoms with Crippen molar-refractivity contribution in [2.75, 3.05) is 73.0 Å². The Morgan fingerprint density at radius 2 is 1.87 bits per heavy atom. The minimum Gasteiger partial charge on any atom is -0.378 e. The monoisotopic (exact) mass is 541 g/mol. The fraction of sp³-hybridized carbons (Fsp3) is 0.360. The number of anilines is 5. The highest BCUT2D eigenvalue weighted by atomic mass is 35.5. The van der Waals surface area contributed by atoms with Crippen molar-refractivity contribution in [3.63, 3.8) is 0 Å². The first-order valence-electron chi connectivity index (χ1n) is 12.4. The molecule has 4 N–H and O–H groups in total. The zero-order valence-electron chi connectivity index (χ0n) is 20.9. The number of aryl methyl sites for hydroxylation is 1. The van der Waals surface area contributed by atoms with Gasteiger partial charge in [-0.05, 0) is 36.8 Å². The lowest BCUT2D eigenvalue weighted by molar-refractivity contribution is 0.0957. The Labute approximate surface area is 224 Å². The van der Waals surface area contributed by atoms with Crippen LogP contribution in [0.5, 0.6) is 0 Å². The first-order valence-corrected chi connectivity index (χ1v) is 12.8. The first-order chi connectivity index (χ1) is 18.5. The highest BCUT2D eigenvalue weighted by molar-refractivity contribution is 6.33. The van der Waals surface area contributed by atoms with Crippen LogP contribution in [0.25, 0.3) is 0 Å². The first kappa shape index (κ1) is 25.9. The fourth-order valence-electron chi connectivity index (χ4n) is 4.33. The van der Waals surface area contributed by atoms with Gasteiger partial charge in [-0.3, -0.25) is 15.6 Å². The molecule has 2 aliphatic heterocycles. The number of morpholine rings is 1. The van der Waals surface area contributed by atoms with Crippen LogP contribution in [0.15, 0.2) is 36.7 Å². The predicted octanol–water partition coefficient (Wildman–Crippen LogP) is 2.72. The van der Waals surface area contributed by atoms with E-state index >= 15 is 0 Å². The molecule has 0 bridgehead atoms. The number of pyridine rings is 1. The van der Waals surface area contributed by atoms with Crippen LogP contribution in [-0.4, -0.2) is 73.3 Å². The minimum absolute atomic E-state index is 0.0638. The molecule has 1 amide bonds. The molecule has 2 fully saturated rings. The number of carbonyl (C=O) groups is 1. The number of hydrazine groups is 1. The van der Waals surface area contributed by atoms with E-state index in [0.717, 1.165) is 49.3 Å². The van der Waals surface area contributed by atoms with Gasteiger partial charge in [-0.25, -0.2) is 14.4 Å². The molecule has 0 saturated carbocycles. The van der Waals surface area contributed by atoms with Crippen LogP contribution in [0, 0.1) is 12.7 Å². The number of ether oxygens (including phenoxy) is 1. The Bertz CT molecular complexity index is 1260. The van der Waals surface area contributed by atoms with E-state index in [1.54, 1.807) is 23.2 Å². The molecule has 3 aromatic rings. The van der Waals surface area contributed by atoms with Crippen molar-refractivity contribution >= 4 is 46.3 Å². The van der Waals surface area contributed by atoms with Crippen molar-refractivity contribution < 1.29 is 13.9 Å². The third-order valence-electron chi connectivity index (χ3n) is 6.34. The van der Waals surface area contributed by atoms with Crippen molar-refractivity contribution in [3.05, 3.63) is 58.8 Å². The van der Waals surface area contributed by atoms with Crippen LogP contribution in [-0.2, 0) is 4.74 Å². The maximum absolute atomic E-state index is 14.2. The lowest BCUT2D eigenvalue weighted by Crippen LogP contribution is -2.43. The molecule has 11 nitrogen and oxygen atoms in total. The number of amides is 1. The smallest absolute Gasteiger partial charge is 0.288 e. The van der Waals surface area contributed by atoms with Crippen molar-refractivity contribution in [3.8, 4) is 0 Å².